The van der Waals surface area contributed by atoms with E-state index in [1.54, 1.807) is 19.9 Å². The zero-order valence-electron chi connectivity index (χ0n) is 12.1. The van der Waals surface area contributed by atoms with Gasteiger partial charge in [0.1, 0.15) is 6.04 Å². The van der Waals surface area contributed by atoms with Crippen LogP contribution in [-0.2, 0) is 11.3 Å². The first-order valence-electron chi connectivity index (χ1n) is 6.43. The van der Waals surface area contributed by atoms with E-state index >= 15 is 0 Å². The first-order valence-corrected chi connectivity index (χ1v) is 6.43. The maximum atomic E-state index is 12.2. The maximum Gasteiger partial charge on any atom is 0.387 e. The Morgan fingerprint density at radius 1 is 1.33 bits per heavy atom. The number of carboxylic acid groups (broad SMARTS) is 1. The Hall–Kier alpha value is -1.89. The molecule has 0 heterocycles. The second-order valence-electron chi connectivity index (χ2n) is 4.80. The van der Waals surface area contributed by atoms with Gasteiger partial charge in [-0.3, -0.25) is 4.79 Å². The van der Waals surface area contributed by atoms with E-state index in [1.165, 1.54) is 19.2 Å². The van der Waals surface area contributed by atoms with Crippen LogP contribution in [0, 0.1) is 5.92 Å². The van der Waals surface area contributed by atoms with Crippen LogP contribution in [0.4, 0.5) is 8.78 Å². The lowest BCUT2D eigenvalue weighted by atomic mass is 10.0. The number of carbonyl (C=O) groups is 1. The van der Waals surface area contributed by atoms with Crippen LogP contribution in [0.1, 0.15) is 19.4 Å². The highest BCUT2D eigenvalue weighted by Crippen LogP contribution is 2.29. The quantitative estimate of drug-likeness (QED) is 0.772. The first kappa shape index (κ1) is 17.2. The third-order valence-electron chi connectivity index (χ3n) is 2.90. The number of hydrogen-bond acceptors (Lipinski definition) is 4. The smallest absolute Gasteiger partial charge is 0.387 e. The molecule has 0 fully saturated rings. The second-order valence-corrected chi connectivity index (χ2v) is 4.80. The number of alkyl halides is 2. The topological polar surface area (TPSA) is 67.8 Å². The summed E-state index contributed by atoms with van der Waals surface area (Å²) in [6.45, 7) is 0.943. The predicted molar refractivity (Wildman–Crippen MR) is 72.7 cm³/mol. The molecule has 0 unspecified atom stereocenters. The molecule has 0 aliphatic carbocycles. The molecule has 21 heavy (non-hydrogen) atoms. The molecule has 7 heteroatoms. The van der Waals surface area contributed by atoms with Crippen molar-refractivity contribution in [1.82, 2.24) is 5.32 Å². The molecular weight excluding hydrogens is 284 g/mol. The van der Waals surface area contributed by atoms with Gasteiger partial charge >= 0.3 is 12.6 Å². The Kier molecular flexibility index (Phi) is 6.36. The minimum Gasteiger partial charge on any atom is -0.493 e. The van der Waals surface area contributed by atoms with Crippen LogP contribution in [0.3, 0.4) is 0 Å². The van der Waals surface area contributed by atoms with Gasteiger partial charge in [-0.2, -0.15) is 8.78 Å². The lowest BCUT2D eigenvalue weighted by molar-refractivity contribution is -0.140. The first-order chi connectivity index (χ1) is 9.85. The largest absolute Gasteiger partial charge is 0.493 e. The van der Waals surface area contributed by atoms with E-state index in [-0.39, 0.29) is 24.0 Å². The summed E-state index contributed by atoms with van der Waals surface area (Å²) in [7, 11) is 1.35. The highest BCUT2D eigenvalue weighted by atomic mass is 19.3. The van der Waals surface area contributed by atoms with Crippen LogP contribution in [0.5, 0.6) is 11.5 Å². The molecule has 1 rings (SSSR count). The van der Waals surface area contributed by atoms with Crippen LogP contribution < -0.4 is 14.8 Å². The zero-order valence-corrected chi connectivity index (χ0v) is 12.1. The molecule has 1 aromatic carbocycles. The Balaban J connectivity index is 2.78. The van der Waals surface area contributed by atoms with E-state index in [9.17, 15) is 13.6 Å². The molecule has 0 radical (unpaired) electrons. The molecule has 1 aromatic rings. The Morgan fingerprint density at radius 2 is 2.00 bits per heavy atom. The highest BCUT2D eigenvalue weighted by molar-refractivity contribution is 5.73. The van der Waals surface area contributed by atoms with E-state index in [1.807, 2.05) is 0 Å². The lowest BCUT2D eigenvalue weighted by Gasteiger charge is -2.18. The molecule has 0 bridgehead atoms. The molecule has 0 saturated carbocycles. The standard InChI is InChI=1S/C14H19F2NO4/c1-8(2)12(13(18)19)17-7-9-4-5-10(21-14(15)16)11(6-9)20-3/h4-6,8,12,14,17H,7H2,1-3H3,(H,18,19)/t12-/m1/s1. The van der Waals surface area contributed by atoms with Gasteiger partial charge in [0.2, 0.25) is 0 Å². The monoisotopic (exact) mass is 303 g/mol. The van der Waals surface area contributed by atoms with E-state index < -0.39 is 18.6 Å². The molecule has 0 saturated heterocycles. The van der Waals surface area contributed by atoms with E-state index in [0.29, 0.717) is 5.56 Å². The van der Waals surface area contributed by atoms with E-state index in [4.69, 9.17) is 9.84 Å². The Bertz CT molecular complexity index is 480. The number of hydrogen-bond donors (Lipinski definition) is 2. The van der Waals surface area contributed by atoms with Crippen LogP contribution in [-0.4, -0.2) is 30.8 Å². The summed E-state index contributed by atoms with van der Waals surface area (Å²) in [4.78, 5) is 11.1. The predicted octanol–water partition coefficient (Wildman–Crippen LogP) is 2.50. The van der Waals surface area contributed by atoms with Crippen LogP contribution in [0.25, 0.3) is 0 Å². The average molecular weight is 303 g/mol. The second kappa shape index (κ2) is 7.78. The number of aliphatic carboxylic acids is 1. The number of methoxy groups -OCH3 is 1. The van der Waals surface area contributed by atoms with Gasteiger partial charge in [0.05, 0.1) is 7.11 Å². The summed E-state index contributed by atoms with van der Waals surface area (Å²) in [5, 5.41) is 12.0. The van der Waals surface area contributed by atoms with Crippen molar-refractivity contribution in [2.45, 2.75) is 33.0 Å². The highest BCUT2D eigenvalue weighted by Gasteiger charge is 2.20. The van der Waals surface area contributed by atoms with Gasteiger partial charge in [-0.25, -0.2) is 0 Å². The molecule has 1 atom stereocenters. The summed E-state index contributed by atoms with van der Waals surface area (Å²) in [5.41, 5.74) is 0.709. The Labute approximate surface area is 121 Å². The summed E-state index contributed by atoms with van der Waals surface area (Å²) >= 11 is 0. The van der Waals surface area contributed by atoms with Crippen molar-refractivity contribution in [2.24, 2.45) is 5.92 Å². The van der Waals surface area contributed by atoms with Gasteiger partial charge in [0.15, 0.2) is 11.5 Å². The molecular formula is C14H19F2NO4. The summed E-state index contributed by atoms with van der Waals surface area (Å²) in [6.07, 6.45) is 0. The molecule has 0 amide bonds. The van der Waals surface area contributed by atoms with Crippen LogP contribution in [0.15, 0.2) is 18.2 Å². The third kappa shape index (κ3) is 5.18. The molecule has 2 N–H and O–H groups in total. The fraction of sp³-hybridized carbons (Fsp3) is 0.500. The molecule has 5 nitrogen and oxygen atoms in total. The summed E-state index contributed by atoms with van der Waals surface area (Å²) < 4.78 is 33.7. The van der Waals surface area contributed by atoms with Gasteiger partial charge in [-0.1, -0.05) is 19.9 Å². The van der Waals surface area contributed by atoms with Gasteiger partial charge in [-0.15, -0.1) is 0 Å². The fourth-order valence-electron chi connectivity index (χ4n) is 1.85. The average Bonchev–Trinajstić information content (AvgIpc) is 2.38. The maximum absolute atomic E-state index is 12.2. The van der Waals surface area contributed by atoms with Crippen molar-refractivity contribution in [2.75, 3.05) is 7.11 Å². The van der Waals surface area contributed by atoms with Crippen LogP contribution in [0.2, 0.25) is 0 Å². The summed E-state index contributed by atoms with van der Waals surface area (Å²) in [5.74, 6) is -0.902. The molecule has 0 aromatic heterocycles. The third-order valence-corrected chi connectivity index (χ3v) is 2.90. The van der Waals surface area contributed by atoms with Gasteiger partial charge in [0, 0.05) is 6.54 Å². The Morgan fingerprint density at radius 3 is 2.48 bits per heavy atom. The molecule has 118 valence electrons. The van der Waals surface area contributed by atoms with E-state index in [2.05, 4.69) is 10.1 Å². The molecule has 0 spiro atoms. The SMILES string of the molecule is COc1cc(CN[C@@H](C(=O)O)C(C)C)ccc1OC(F)F. The van der Waals surface area contributed by atoms with Crippen molar-refractivity contribution >= 4 is 5.97 Å². The van der Waals surface area contributed by atoms with Crippen molar-refractivity contribution in [3.63, 3.8) is 0 Å². The number of benzene rings is 1. The van der Waals surface area contributed by atoms with Crippen LogP contribution >= 0.6 is 0 Å². The normalized spacial score (nSPS) is 12.5. The minimum atomic E-state index is -2.93. The molecule has 0 aliphatic heterocycles. The van der Waals surface area contributed by atoms with E-state index in [0.717, 1.165) is 0 Å². The van der Waals surface area contributed by atoms with Crippen molar-refractivity contribution in [3.05, 3.63) is 23.8 Å². The summed E-state index contributed by atoms with van der Waals surface area (Å²) in [6, 6.07) is 3.79. The lowest BCUT2D eigenvalue weighted by Crippen LogP contribution is -2.40. The fourth-order valence-corrected chi connectivity index (χ4v) is 1.85. The molecule has 0 aliphatic rings. The zero-order chi connectivity index (χ0) is 16.0. The number of halogens is 2. The number of carboxylic acids is 1. The van der Waals surface area contributed by atoms with Gasteiger partial charge < -0.3 is 19.9 Å². The van der Waals surface area contributed by atoms with Crippen molar-refractivity contribution in [1.29, 1.82) is 0 Å². The van der Waals surface area contributed by atoms with Crippen molar-refractivity contribution < 1.29 is 28.2 Å². The minimum absolute atomic E-state index is 0.0603. The number of ether oxygens (including phenoxy) is 2. The van der Waals surface area contributed by atoms with Crippen molar-refractivity contribution in [3.8, 4) is 11.5 Å². The van der Waals surface area contributed by atoms with Gasteiger partial charge in [0.25, 0.3) is 0 Å². The van der Waals surface area contributed by atoms with Gasteiger partial charge in [-0.05, 0) is 23.6 Å². The number of rotatable bonds is 8. The number of nitrogens with one attached hydrogen (secondary N) is 1.